The number of aromatic nitrogens is 3. The van der Waals surface area contributed by atoms with Crippen molar-refractivity contribution < 1.29 is 0 Å². The van der Waals surface area contributed by atoms with Crippen LogP contribution in [0.15, 0.2) is 34.8 Å². The summed E-state index contributed by atoms with van der Waals surface area (Å²) in [6, 6.07) is 9.95. The maximum atomic E-state index is 6.05. The predicted octanol–water partition coefficient (Wildman–Crippen LogP) is 3.38. The highest BCUT2D eigenvalue weighted by Gasteiger charge is 2.13. The van der Waals surface area contributed by atoms with Crippen LogP contribution in [0.4, 0.5) is 5.95 Å². The lowest BCUT2D eigenvalue weighted by Crippen LogP contribution is -2.03. The van der Waals surface area contributed by atoms with Gasteiger partial charge < -0.3 is 5.73 Å². The van der Waals surface area contributed by atoms with Crippen molar-refractivity contribution in [3.05, 3.63) is 46.1 Å². The molecule has 0 spiro atoms. The molecule has 3 rings (SSSR count). The van der Waals surface area contributed by atoms with E-state index in [1.807, 2.05) is 48.7 Å². The van der Waals surface area contributed by atoms with Crippen LogP contribution in [-0.2, 0) is 0 Å². The summed E-state index contributed by atoms with van der Waals surface area (Å²) < 4.78 is 2.89. The van der Waals surface area contributed by atoms with E-state index in [4.69, 9.17) is 5.73 Å². The average Bonchev–Trinajstić information content (AvgIpc) is 2.68. The normalized spacial score (nSPS) is 11.1. The minimum atomic E-state index is 0.453. The number of halogens is 1. The largest absolute Gasteiger partial charge is 0.369 e. The first-order valence-corrected chi connectivity index (χ1v) is 6.73. The topological polar surface area (TPSA) is 56.7 Å². The van der Waals surface area contributed by atoms with Crippen molar-refractivity contribution in [2.45, 2.75) is 13.8 Å². The molecule has 2 aromatic heterocycles. The molecule has 19 heavy (non-hydrogen) atoms. The van der Waals surface area contributed by atoms with Gasteiger partial charge in [0.25, 0.3) is 0 Å². The first-order valence-electron chi connectivity index (χ1n) is 5.94. The third kappa shape index (κ3) is 2.00. The Bertz CT molecular complexity index is 776. The van der Waals surface area contributed by atoms with Gasteiger partial charge in [-0.1, -0.05) is 22.0 Å². The maximum absolute atomic E-state index is 6.05. The molecular weight excluding hydrogens is 304 g/mol. The van der Waals surface area contributed by atoms with E-state index >= 15 is 0 Å². The van der Waals surface area contributed by atoms with Crippen LogP contribution in [0.1, 0.15) is 11.3 Å². The number of pyridine rings is 1. The van der Waals surface area contributed by atoms with E-state index in [-0.39, 0.29) is 0 Å². The third-order valence-electron chi connectivity index (χ3n) is 3.08. The SMILES string of the molecule is Cc1ccc2nc(N)n(-c3cc(Br)ccc3C)c2n1. The van der Waals surface area contributed by atoms with Crippen molar-refractivity contribution in [3.63, 3.8) is 0 Å². The van der Waals surface area contributed by atoms with Gasteiger partial charge in [0.2, 0.25) is 5.95 Å². The summed E-state index contributed by atoms with van der Waals surface area (Å²) in [5, 5.41) is 0. The lowest BCUT2D eigenvalue weighted by Gasteiger charge is -2.10. The highest BCUT2D eigenvalue weighted by molar-refractivity contribution is 9.10. The molecule has 0 aliphatic rings. The van der Waals surface area contributed by atoms with Crippen molar-refractivity contribution in [1.82, 2.24) is 14.5 Å². The molecule has 1 aromatic carbocycles. The molecule has 0 fully saturated rings. The number of benzene rings is 1. The Hall–Kier alpha value is -1.88. The van der Waals surface area contributed by atoms with E-state index in [1.165, 1.54) is 0 Å². The zero-order chi connectivity index (χ0) is 13.6. The van der Waals surface area contributed by atoms with E-state index in [9.17, 15) is 0 Å². The molecule has 0 atom stereocenters. The molecule has 2 heterocycles. The minimum Gasteiger partial charge on any atom is -0.369 e. The molecule has 0 radical (unpaired) electrons. The van der Waals surface area contributed by atoms with Gasteiger partial charge in [0, 0.05) is 10.2 Å². The Labute approximate surface area is 119 Å². The number of hydrogen-bond donors (Lipinski definition) is 1. The summed E-state index contributed by atoms with van der Waals surface area (Å²) in [7, 11) is 0. The molecule has 4 nitrogen and oxygen atoms in total. The second-order valence-corrected chi connectivity index (χ2v) is 5.45. The molecule has 0 aliphatic heterocycles. The van der Waals surface area contributed by atoms with Crippen LogP contribution in [0.25, 0.3) is 16.9 Å². The Balaban J connectivity index is 2.38. The van der Waals surface area contributed by atoms with Crippen LogP contribution in [0, 0.1) is 13.8 Å². The van der Waals surface area contributed by atoms with E-state index in [0.29, 0.717) is 5.95 Å². The van der Waals surface area contributed by atoms with E-state index in [1.54, 1.807) is 0 Å². The first kappa shape index (κ1) is 12.2. The molecule has 0 aliphatic carbocycles. The quantitative estimate of drug-likeness (QED) is 0.748. The monoisotopic (exact) mass is 316 g/mol. The molecule has 0 unspecified atom stereocenters. The van der Waals surface area contributed by atoms with E-state index < -0.39 is 0 Å². The molecule has 0 amide bonds. The summed E-state index contributed by atoms with van der Waals surface area (Å²) in [6.07, 6.45) is 0. The van der Waals surface area contributed by atoms with Gasteiger partial charge in [-0.05, 0) is 43.7 Å². The number of fused-ring (bicyclic) bond motifs is 1. The van der Waals surface area contributed by atoms with Crippen molar-refractivity contribution >= 4 is 33.0 Å². The summed E-state index contributed by atoms with van der Waals surface area (Å²) in [5.74, 6) is 0.453. The Morgan fingerprint density at radius 2 is 1.89 bits per heavy atom. The second kappa shape index (κ2) is 4.35. The predicted molar refractivity (Wildman–Crippen MR) is 80.5 cm³/mol. The van der Waals surface area contributed by atoms with Gasteiger partial charge in [-0.25, -0.2) is 9.97 Å². The van der Waals surface area contributed by atoms with Crippen molar-refractivity contribution in [3.8, 4) is 5.69 Å². The lowest BCUT2D eigenvalue weighted by molar-refractivity contribution is 1.05. The number of hydrogen-bond acceptors (Lipinski definition) is 3. The smallest absolute Gasteiger partial charge is 0.207 e. The Morgan fingerprint density at radius 3 is 2.68 bits per heavy atom. The van der Waals surface area contributed by atoms with Crippen LogP contribution < -0.4 is 5.73 Å². The number of nitrogens with zero attached hydrogens (tertiary/aromatic N) is 3. The third-order valence-corrected chi connectivity index (χ3v) is 3.58. The molecule has 96 valence electrons. The fraction of sp³-hybridized carbons (Fsp3) is 0.143. The molecule has 0 saturated carbocycles. The number of aryl methyl sites for hydroxylation is 2. The van der Waals surface area contributed by atoms with Crippen LogP contribution in [0.3, 0.4) is 0 Å². The van der Waals surface area contributed by atoms with Crippen molar-refractivity contribution in [2.24, 2.45) is 0 Å². The maximum Gasteiger partial charge on any atom is 0.207 e. The van der Waals surface area contributed by atoms with Crippen LogP contribution >= 0.6 is 15.9 Å². The summed E-state index contributed by atoms with van der Waals surface area (Å²) in [6.45, 7) is 4.00. The zero-order valence-corrected chi connectivity index (χ0v) is 12.3. The average molecular weight is 317 g/mol. The van der Waals surface area contributed by atoms with Gasteiger partial charge in [-0.3, -0.25) is 4.57 Å². The number of imidazole rings is 1. The highest BCUT2D eigenvalue weighted by atomic mass is 79.9. The number of nitrogens with two attached hydrogens (primary N) is 1. The summed E-state index contributed by atoms with van der Waals surface area (Å²) in [5.41, 5.74) is 10.7. The molecule has 0 saturated heterocycles. The fourth-order valence-corrected chi connectivity index (χ4v) is 2.48. The summed E-state index contributed by atoms with van der Waals surface area (Å²) in [4.78, 5) is 8.91. The molecule has 2 N–H and O–H groups in total. The number of nitrogen functional groups attached to an aromatic ring is 1. The zero-order valence-electron chi connectivity index (χ0n) is 10.7. The van der Waals surface area contributed by atoms with E-state index in [0.717, 1.165) is 32.6 Å². The van der Waals surface area contributed by atoms with Crippen LogP contribution in [0.2, 0.25) is 0 Å². The standard InChI is InChI=1S/C14H13BrN4/c1-8-3-5-10(15)7-12(8)19-13-11(18-14(19)16)6-4-9(2)17-13/h3-7H,1-2H3,(H2,16,18). The van der Waals surface area contributed by atoms with Gasteiger partial charge in [-0.15, -0.1) is 0 Å². The second-order valence-electron chi connectivity index (χ2n) is 4.53. The lowest BCUT2D eigenvalue weighted by atomic mass is 10.2. The Kier molecular flexibility index (Phi) is 2.78. The molecule has 5 heteroatoms. The number of anilines is 1. The van der Waals surface area contributed by atoms with Gasteiger partial charge in [0.05, 0.1) is 5.69 Å². The van der Waals surface area contributed by atoms with Gasteiger partial charge in [0.1, 0.15) is 5.52 Å². The minimum absolute atomic E-state index is 0.453. The van der Waals surface area contributed by atoms with Crippen LogP contribution in [0.5, 0.6) is 0 Å². The highest BCUT2D eigenvalue weighted by Crippen LogP contribution is 2.26. The van der Waals surface area contributed by atoms with E-state index in [2.05, 4.69) is 25.9 Å². The van der Waals surface area contributed by atoms with Crippen LogP contribution in [-0.4, -0.2) is 14.5 Å². The summed E-state index contributed by atoms with van der Waals surface area (Å²) >= 11 is 3.49. The van der Waals surface area contributed by atoms with Gasteiger partial charge in [-0.2, -0.15) is 0 Å². The Morgan fingerprint density at radius 1 is 1.11 bits per heavy atom. The first-order chi connectivity index (χ1) is 9.06. The van der Waals surface area contributed by atoms with Gasteiger partial charge in [0.15, 0.2) is 5.65 Å². The molecular formula is C14H13BrN4. The number of rotatable bonds is 1. The molecule has 0 bridgehead atoms. The van der Waals surface area contributed by atoms with Crippen molar-refractivity contribution in [1.29, 1.82) is 0 Å². The fourth-order valence-electron chi connectivity index (χ4n) is 2.13. The molecule has 3 aromatic rings. The van der Waals surface area contributed by atoms with Crippen molar-refractivity contribution in [2.75, 3.05) is 5.73 Å². The van der Waals surface area contributed by atoms with Gasteiger partial charge >= 0.3 is 0 Å².